The van der Waals surface area contributed by atoms with Gasteiger partial charge in [0.2, 0.25) is 5.91 Å². The van der Waals surface area contributed by atoms with Crippen LogP contribution < -0.4 is 11.1 Å². The van der Waals surface area contributed by atoms with Crippen LogP contribution in [0.15, 0.2) is 6.20 Å². The fourth-order valence-electron chi connectivity index (χ4n) is 1.60. The molecule has 0 atom stereocenters. The molecule has 1 rings (SSSR count). The predicted molar refractivity (Wildman–Crippen MR) is 68.0 cm³/mol. The predicted octanol–water partition coefficient (Wildman–Crippen LogP) is -0.307. The molecule has 100 valence electrons. The van der Waals surface area contributed by atoms with Crippen LogP contribution >= 0.6 is 0 Å². The topological polar surface area (TPSA) is 93.2 Å². The van der Waals surface area contributed by atoms with Crippen LogP contribution in [-0.2, 0) is 11.3 Å². The first kappa shape index (κ1) is 14.0. The highest BCUT2D eigenvalue weighted by molar-refractivity contribution is 5.99. The van der Waals surface area contributed by atoms with Crippen LogP contribution in [-0.4, -0.2) is 46.6 Å². The van der Waals surface area contributed by atoms with E-state index in [9.17, 15) is 9.59 Å². The van der Waals surface area contributed by atoms with Crippen LogP contribution in [0.4, 0.5) is 5.69 Å². The van der Waals surface area contributed by atoms with Crippen LogP contribution in [0.1, 0.15) is 24.3 Å². The fraction of sp³-hybridized carbons (Fsp3) is 0.545. The van der Waals surface area contributed by atoms with E-state index >= 15 is 0 Å². The highest BCUT2D eigenvalue weighted by atomic mass is 16.2. The van der Waals surface area contributed by atoms with E-state index in [1.165, 1.54) is 22.8 Å². The molecule has 0 spiro atoms. The number of nitrogens with one attached hydrogen (secondary N) is 1. The van der Waals surface area contributed by atoms with E-state index in [2.05, 4.69) is 10.4 Å². The minimum absolute atomic E-state index is 0.0141. The zero-order valence-electron chi connectivity index (χ0n) is 10.9. The lowest BCUT2D eigenvalue weighted by Gasteiger charge is -2.20. The molecule has 7 heteroatoms. The summed E-state index contributed by atoms with van der Waals surface area (Å²) in [5.74, 6) is -0.496. The van der Waals surface area contributed by atoms with E-state index in [1.807, 2.05) is 13.8 Å². The Morgan fingerprint density at radius 1 is 1.50 bits per heavy atom. The Balaban J connectivity index is 2.96. The monoisotopic (exact) mass is 253 g/mol. The second-order valence-electron chi connectivity index (χ2n) is 3.76. The first-order valence-corrected chi connectivity index (χ1v) is 5.86. The van der Waals surface area contributed by atoms with Gasteiger partial charge in [-0.2, -0.15) is 5.10 Å². The summed E-state index contributed by atoms with van der Waals surface area (Å²) in [7, 11) is 1.53. The number of aryl methyl sites for hydroxylation is 1. The van der Waals surface area contributed by atoms with Gasteiger partial charge in [0.25, 0.3) is 5.91 Å². The molecule has 1 heterocycles. The fourth-order valence-corrected chi connectivity index (χ4v) is 1.60. The van der Waals surface area contributed by atoms with Crippen LogP contribution in [0.2, 0.25) is 0 Å². The first-order valence-electron chi connectivity index (χ1n) is 5.86. The number of hydrogen-bond acceptors (Lipinski definition) is 4. The van der Waals surface area contributed by atoms with Crippen molar-refractivity contribution in [3.63, 3.8) is 0 Å². The number of hydrogen-bond donors (Lipinski definition) is 2. The molecule has 1 aromatic heterocycles. The highest BCUT2D eigenvalue weighted by Crippen LogP contribution is 2.13. The molecular weight excluding hydrogens is 234 g/mol. The van der Waals surface area contributed by atoms with Crippen LogP contribution in [0.25, 0.3) is 0 Å². The molecule has 18 heavy (non-hydrogen) atoms. The van der Waals surface area contributed by atoms with Crippen molar-refractivity contribution in [3.05, 3.63) is 11.9 Å². The molecule has 2 amide bonds. The van der Waals surface area contributed by atoms with Gasteiger partial charge in [-0.15, -0.1) is 0 Å². The minimum atomic E-state index is -0.280. The molecule has 7 nitrogen and oxygen atoms in total. The normalized spacial score (nSPS) is 10.2. The maximum atomic E-state index is 12.3. The molecule has 0 saturated carbocycles. The number of anilines is 1. The summed E-state index contributed by atoms with van der Waals surface area (Å²) in [5, 5.41) is 6.50. The molecule has 0 radical (unpaired) electrons. The Morgan fingerprint density at radius 3 is 2.67 bits per heavy atom. The molecule has 0 aliphatic rings. The number of amides is 2. The Kier molecular flexibility index (Phi) is 4.70. The molecule has 0 bridgehead atoms. The Morgan fingerprint density at radius 2 is 2.17 bits per heavy atom. The Bertz CT molecular complexity index is 441. The van der Waals surface area contributed by atoms with Crippen molar-refractivity contribution >= 4 is 17.5 Å². The zero-order chi connectivity index (χ0) is 13.7. The summed E-state index contributed by atoms with van der Waals surface area (Å²) in [5.41, 5.74) is 6.41. The largest absolute Gasteiger partial charge is 0.396 e. The van der Waals surface area contributed by atoms with Gasteiger partial charge in [0.15, 0.2) is 0 Å². The third kappa shape index (κ3) is 2.79. The summed E-state index contributed by atoms with van der Waals surface area (Å²) in [6.07, 6.45) is 1.45. The number of carbonyl (C=O) groups is 2. The molecule has 0 saturated heterocycles. The number of carbonyl (C=O) groups excluding carboxylic acids is 2. The maximum absolute atomic E-state index is 12.3. The van der Waals surface area contributed by atoms with E-state index in [-0.39, 0.29) is 18.4 Å². The van der Waals surface area contributed by atoms with Crippen LogP contribution in [0, 0.1) is 0 Å². The van der Waals surface area contributed by atoms with Crippen LogP contribution in [0.3, 0.4) is 0 Å². The first-order chi connectivity index (χ1) is 8.54. The summed E-state index contributed by atoms with van der Waals surface area (Å²) in [4.78, 5) is 25.1. The summed E-state index contributed by atoms with van der Waals surface area (Å²) in [6, 6.07) is 0. The minimum Gasteiger partial charge on any atom is -0.396 e. The van der Waals surface area contributed by atoms with E-state index in [0.29, 0.717) is 24.5 Å². The standard InChI is InChI=1S/C11H19N5O2/c1-4-15(7-9(17)13-3)11(18)10-8(12)6-14-16(10)5-2/h6H,4-5,7,12H2,1-3H3,(H,13,17). The molecule has 1 aromatic rings. The van der Waals surface area contributed by atoms with E-state index in [0.717, 1.165) is 0 Å². The van der Waals surface area contributed by atoms with Gasteiger partial charge in [-0.25, -0.2) is 0 Å². The van der Waals surface area contributed by atoms with Gasteiger partial charge in [0.1, 0.15) is 5.69 Å². The van der Waals surface area contributed by atoms with Gasteiger partial charge in [0.05, 0.1) is 18.4 Å². The number of rotatable bonds is 5. The molecule has 3 N–H and O–H groups in total. The summed E-state index contributed by atoms with van der Waals surface area (Å²) in [6.45, 7) is 4.68. The summed E-state index contributed by atoms with van der Waals surface area (Å²) < 4.78 is 1.53. The lowest BCUT2D eigenvalue weighted by molar-refractivity contribution is -0.121. The van der Waals surface area contributed by atoms with Crippen LogP contribution in [0.5, 0.6) is 0 Å². The van der Waals surface area contributed by atoms with E-state index < -0.39 is 0 Å². The average Bonchev–Trinajstić information content (AvgIpc) is 2.75. The molecule has 0 aromatic carbocycles. The van der Waals surface area contributed by atoms with Crippen molar-refractivity contribution in [3.8, 4) is 0 Å². The number of aromatic nitrogens is 2. The second kappa shape index (κ2) is 6.04. The third-order valence-electron chi connectivity index (χ3n) is 2.65. The molecule has 0 aliphatic heterocycles. The molecular formula is C11H19N5O2. The number of nitrogens with zero attached hydrogens (tertiary/aromatic N) is 3. The Hall–Kier alpha value is -2.05. The SMILES string of the molecule is CCN(CC(=O)NC)C(=O)c1c(N)cnn1CC. The van der Waals surface area contributed by atoms with Gasteiger partial charge in [0, 0.05) is 20.1 Å². The third-order valence-corrected chi connectivity index (χ3v) is 2.65. The van der Waals surface area contributed by atoms with Crippen molar-refractivity contribution in [2.45, 2.75) is 20.4 Å². The highest BCUT2D eigenvalue weighted by Gasteiger charge is 2.22. The zero-order valence-corrected chi connectivity index (χ0v) is 10.9. The molecule has 0 unspecified atom stereocenters. The average molecular weight is 253 g/mol. The number of nitrogen functional groups attached to an aromatic ring is 1. The van der Waals surface area contributed by atoms with Crippen molar-refractivity contribution in [2.75, 3.05) is 25.9 Å². The van der Waals surface area contributed by atoms with Crippen molar-refractivity contribution in [1.29, 1.82) is 0 Å². The van der Waals surface area contributed by atoms with E-state index in [1.54, 1.807) is 0 Å². The quantitative estimate of drug-likeness (QED) is 0.753. The van der Waals surface area contributed by atoms with Gasteiger partial charge in [-0.1, -0.05) is 0 Å². The van der Waals surface area contributed by atoms with Gasteiger partial charge in [-0.05, 0) is 13.8 Å². The number of nitrogens with two attached hydrogens (primary N) is 1. The second-order valence-corrected chi connectivity index (χ2v) is 3.76. The Labute approximate surface area is 106 Å². The van der Waals surface area contributed by atoms with Gasteiger partial charge < -0.3 is 16.0 Å². The van der Waals surface area contributed by atoms with Gasteiger partial charge >= 0.3 is 0 Å². The van der Waals surface area contributed by atoms with Crippen molar-refractivity contribution < 1.29 is 9.59 Å². The van der Waals surface area contributed by atoms with E-state index in [4.69, 9.17) is 5.73 Å². The number of likely N-dealkylation sites (N-methyl/N-ethyl adjacent to an activating group) is 2. The molecule has 0 aliphatic carbocycles. The van der Waals surface area contributed by atoms with Gasteiger partial charge in [-0.3, -0.25) is 14.3 Å². The molecule has 0 fully saturated rings. The smallest absolute Gasteiger partial charge is 0.274 e. The lowest BCUT2D eigenvalue weighted by Crippen LogP contribution is -2.40. The van der Waals surface area contributed by atoms with Crippen molar-refractivity contribution in [1.82, 2.24) is 20.0 Å². The lowest BCUT2D eigenvalue weighted by atomic mass is 10.3. The summed E-state index contributed by atoms with van der Waals surface area (Å²) >= 11 is 0. The maximum Gasteiger partial charge on any atom is 0.274 e. The van der Waals surface area contributed by atoms with Crippen molar-refractivity contribution in [2.24, 2.45) is 0 Å².